The number of halogens is 2. The predicted octanol–water partition coefficient (Wildman–Crippen LogP) is 2.16. The topological polar surface area (TPSA) is 79.4 Å². The lowest BCUT2D eigenvalue weighted by atomic mass is 10.3. The van der Waals surface area contributed by atoms with E-state index in [1.807, 2.05) is 0 Å². The summed E-state index contributed by atoms with van der Waals surface area (Å²) in [7, 11) is 0. The van der Waals surface area contributed by atoms with Crippen molar-refractivity contribution in [2.24, 2.45) is 0 Å². The van der Waals surface area contributed by atoms with Crippen LogP contribution in [0.15, 0.2) is 13.6 Å². The molecular weight excluding hydrogens is 308 g/mol. The van der Waals surface area contributed by atoms with Gasteiger partial charge in [-0.25, -0.2) is 4.63 Å². The van der Waals surface area contributed by atoms with Crippen LogP contribution < -0.4 is 0 Å². The fraction of sp³-hybridized carbons (Fsp3) is 0. The molecular formula is C6H2Br2N2O3. The molecule has 2 rings (SSSR count). The number of aromatic hydroxyl groups is 2. The van der Waals surface area contributed by atoms with Crippen molar-refractivity contribution in [1.82, 2.24) is 10.3 Å². The van der Waals surface area contributed by atoms with E-state index in [-0.39, 0.29) is 20.4 Å². The van der Waals surface area contributed by atoms with Crippen LogP contribution >= 0.6 is 31.9 Å². The summed E-state index contributed by atoms with van der Waals surface area (Å²) in [5, 5.41) is 25.8. The highest BCUT2D eigenvalue weighted by atomic mass is 79.9. The summed E-state index contributed by atoms with van der Waals surface area (Å²) in [5.74, 6) is -0.592. The zero-order valence-electron chi connectivity index (χ0n) is 5.95. The highest BCUT2D eigenvalue weighted by Gasteiger charge is 2.19. The van der Waals surface area contributed by atoms with Crippen LogP contribution in [-0.4, -0.2) is 20.5 Å². The predicted molar refractivity (Wildman–Crippen MR) is 50.5 cm³/mol. The Morgan fingerprint density at radius 3 is 1.69 bits per heavy atom. The quantitative estimate of drug-likeness (QED) is 0.729. The molecule has 0 saturated carbocycles. The zero-order valence-corrected chi connectivity index (χ0v) is 9.13. The van der Waals surface area contributed by atoms with E-state index in [0.717, 1.165) is 0 Å². The van der Waals surface area contributed by atoms with Crippen molar-refractivity contribution in [1.29, 1.82) is 0 Å². The SMILES string of the molecule is Oc1c(O)c(Br)c2nonc2c1Br. The Kier molecular flexibility index (Phi) is 1.92. The van der Waals surface area contributed by atoms with Gasteiger partial charge in [0.2, 0.25) is 0 Å². The van der Waals surface area contributed by atoms with Crippen LogP contribution in [0.1, 0.15) is 0 Å². The Bertz CT molecular complexity index is 440. The number of rotatable bonds is 0. The third kappa shape index (κ3) is 1.11. The van der Waals surface area contributed by atoms with Crippen LogP contribution in [-0.2, 0) is 0 Å². The first kappa shape index (κ1) is 8.76. The van der Waals surface area contributed by atoms with E-state index >= 15 is 0 Å². The van der Waals surface area contributed by atoms with Gasteiger partial charge in [-0.2, -0.15) is 0 Å². The Morgan fingerprint density at radius 1 is 0.923 bits per heavy atom. The summed E-state index contributed by atoms with van der Waals surface area (Å²) >= 11 is 6.10. The molecule has 2 N–H and O–H groups in total. The molecule has 5 nitrogen and oxygen atoms in total. The van der Waals surface area contributed by atoms with Crippen molar-refractivity contribution in [2.45, 2.75) is 0 Å². The summed E-state index contributed by atoms with van der Waals surface area (Å²) in [5.41, 5.74) is 0.698. The number of fused-ring (bicyclic) bond motifs is 1. The van der Waals surface area contributed by atoms with Gasteiger partial charge in [-0.05, 0) is 42.2 Å². The molecule has 0 aliphatic rings. The molecule has 68 valence electrons. The average molecular weight is 310 g/mol. The fourth-order valence-corrected chi connectivity index (χ4v) is 1.80. The molecule has 1 aromatic carbocycles. The number of nitrogens with zero attached hydrogens (tertiary/aromatic N) is 2. The van der Waals surface area contributed by atoms with Crippen molar-refractivity contribution in [3.63, 3.8) is 0 Å². The minimum absolute atomic E-state index is 0.254. The third-order valence-corrected chi connectivity index (χ3v) is 3.05. The van der Waals surface area contributed by atoms with Gasteiger partial charge < -0.3 is 10.2 Å². The smallest absolute Gasteiger partial charge is 0.175 e. The number of hydrogen-bond donors (Lipinski definition) is 2. The third-order valence-electron chi connectivity index (χ3n) is 1.54. The van der Waals surface area contributed by atoms with Crippen LogP contribution in [0, 0.1) is 0 Å². The summed E-state index contributed by atoms with van der Waals surface area (Å²) in [6, 6.07) is 0. The number of aromatic nitrogens is 2. The van der Waals surface area contributed by atoms with Crippen molar-refractivity contribution in [2.75, 3.05) is 0 Å². The number of phenols is 2. The Balaban J connectivity index is 3.02. The average Bonchev–Trinajstić information content (AvgIpc) is 2.59. The van der Waals surface area contributed by atoms with Gasteiger partial charge in [0.1, 0.15) is 0 Å². The minimum atomic E-state index is -0.296. The van der Waals surface area contributed by atoms with Crippen LogP contribution in [0.4, 0.5) is 0 Å². The lowest BCUT2D eigenvalue weighted by Crippen LogP contribution is -1.79. The van der Waals surface area contributed by atoms with E-state index in [2.05, 4.69) is 46.8 Å². The Labute approximate surface area is 88.6 Å². The lowest BCUT2D eigenvalue weighted by molar-refractivity contribution is 0.315. The van der Waals surface area contributed by atoms with Crippen molar-refractivity contribution in [3.8, 4) is 11.5 Å². The molecule has 0 atom stereocenters. The molecule has 1 heterocycles. The molecule has 0 radical (unpaired) electrons. The number of hydrogen-bond acceptors (Lipinski definition) is 5. The maximum absolute atomic E-state index is 9.37. The van der Waals surface area contributed by atoms with E-state index in [1.54, 1.807) is 0 Å². The van der Waals surface area contributed by atoms with Crippen molar-refractivity contribution < 1.29 is 14.8 Å². The monoisotopic (exact) mass is 308 g/mol. The summed E-state index contributed by atoms with van der Waals surface area (Å²) in [4.78, 5) is 0. The second-order valence-corrected chi connectivity index (χ2v) is 3.87. The van der Waals surface area contributed by atoms with E-state index in [4.69, 9.17) is 0 Å². The van der Waals surface area contributed by atoms with Gasteiger partial charge in [-0.3, -0.25) is 0 Å². The minimum Gasteiger partial charge on any atom is -0.503 e. The molecule has 0 spiro atoms. The summed E-state index contributed by atoms with van der Waals surface area (Å²) in [6.07, 6.45) is 0. The molecule has 0 fully saturated rings. The van der Waals surface area contributed by atoms with Crippen LogP contribution in [0.3, 0.4) is 0 Å². The second-order valence-electron chi connectivity index (χ2n) is 2.29. The normalized spacial score (nSPS) is 10.9. The molecule has 0 bridgehead atoms. The molecule has 0 amide bonds. The molecule has 13 heavy (non-hydrogen) atoms. The van der Waals surface area contributed by atoms with Gasteiger partial charge in [0.25, 0.3) is 0 Å². The summed E-state index contributed by atoms with van der Waals surface area (Å²) in [6.45, 7) is 0. The molecule has 2 aromatic rings. The highest BCUT2D eigenvalue weighted by molar-refractivity contribution is 9.11. The van der Waals surface area contributed by atoms with Gasteiger partial charge >= 0.3 is 0 Å². The van der Waals surface area contributed by atoms with Crippen LogP contribution in [0.2, 0.25) is 0 Å². The van der Waals surface area contributed by atoms with Crippen molar-refractivity contribution in [3.05, 3.63) is 8.95 Å². The van der Waals surface area contributed by atoms with E-state index in [0.29, 0.717) is 11.0 Å². The molecule has 0 aliphatic carbocycles. The van der Waals surface area contributed by atoms with Crippen LogP contribution in [0.5, 0.6) is 11.5 Å². The second kappa shape index (κ2) is 2.85. The first-order valence-electron chi connectivity index (χ1n) is 3.14. The van der Waals surface area contributed by atoms with Gasteiger partial charge in [0.05, 0.1) is 8.95 Å². The van der Waals surface area contributed by atoms with Crippen LogP contribution in [0.25, 0.3) is 11.0 Å². The van der Waals surface area contributed by atoms with Crippen molar-refractivity contribution >= 4 is 42.9 Å². The largest absolute Gasteiger partial charge is 0.503 e. The first-order valence-corrected chi connectivity index (χ1v) is 4.72. The maximum atomic E-state index is 9.37. The number of phenolic OH excluding ortho intramolecular Hbond substituents is 2. The summed E-state index contributed by atoms with van der Waals surface area (Å²) < 4.78 is 4.96. The Hall–Kier alpha value is -0.820. The lowest BCUT2D eigenvalue weighted by Gasteiger charge is -2.01. The maximum Gasteiger partial charge on any atom is 0.175 e. The van der Waals surface area contributed by atoms with E-state index in [1.165, 1.54) is 0 Å². The number of benzene rings is 1. The first-order chi connectivity index (χ1) is 6.13. The highest BCUT2D eigenvalue weighted by Crippen LogP contribution is 2.44. The molecule has 1 aromatic heterocycles. The molecule has 0 unspecified atom stereocenters. The fourth-order valence-electron chi connectivity index (χ4n) is 0.909. The molecule has 0 saturated heterocycles. The van der Waals surface area contributed by atoms with E-state index < -0.39 is 0 Å². The van der Waals surface area contributed by atoms with Gasteiger partial charge in [-0.15, -0.1) is 0 Å². The van der Waals surface area contributed by atoms with Gasteiger partial charge in [-0.1, -0.05) is 0 Å². The van der Waals surface area contributed by atoms with Gasteiger partial charge in [0, 0.05) is 0 Å². The zero-order chi connectivity index (χ0) is 9.59. The van der Waals surface area contributed by atoms with E-state index in [9.17, 15) is 10.2 Å². The Morgan fingerprint density at radius 2 is 1.31 bits per heavy atom. The standard InChI is InChI=1S/C6H2Br2N2O3/c7-1-3-4(10-13-9-3)2(8)6(12)5(1)11/h11-12H. The molecule has 7 heteroatoms. The van der Waals surface area contributed by atoms with Gasteiger partial charge in [0.15, 0.2) is 22.5 Å². The molecule has 0 aliphatic heterocycles.